The molecule has 0 fully saturated rings. The largest absolute Gasteiger partial charge is 0.339 e. The molecule has 3 rings (SSSR count). The summed E-state index contributed by atoms with van der Waals surface area (Å²) in [4.78, 5) is 20.9. The number of hydrogen-bond acceptors (Lipinski definition) is 5. The van der Waals surface area contributed by atoms with Crippen molar-refractivity contribution in [2.24, 2.45) is 0 Å². The van der Waals surface area contributed by atoms with Gasteiger partial charge in [-0.05, 0) is 18.6 Å². The van der Waals surface area contributed by atoms with Gasteiger partial charge in [0.1, 0.15) is 0 Å². The van der Waals surface area contributed by atoms with Crippen molar-refractivity contribution in [3.63, 3.8) is 0 Å². The van der Waals surface area contributed by atoms with Crippen molar-refractivity contribution >= 4 is 10.9 Å². The van der Waals surface area contributed by atoms with Gasteiger partial charge in [0, 0.05) is 6.42 Å². The number of aromatic nitrogens is 4. The number of nitrogens with zero attached hydrogens (tertiary/aromatic N) is 4. The van der Waals surface area contributed by atoms with Crippen LogP contribution in [0.25, 0.3) is 10.9 Å². The average Bonchev–Trinajstić information content (AvgIpc) is 2.96. The van der Waals surface area contributed by atoms with Gasteiger partial charge in [-0.25, -0.2) is 4.98 Å². The smallest absolute Gasteiger partial charge is 0.261 e. The van der Waals surface area contributed by atoms with Crippen LogP contribution in [0, 0.1) is 0 Å². The Hall–Kier alpha value is -2.50. The lowest BCUT2D eigenvalue weighted by molar-refractivity contribution is 0.369. The highest BCUT2D eigenvalue weighted by Crippen LogP contribution is 2.06. The topological polar surface area (TPSA) is 73.8 Å². The Balaban J connectivity index is 1.86. The van der Waals surface area contributed by atoms with Crippen LogP contribution in [0.2, 0.25) is 0 Å². The summed E-state index contributed by atoms with van der Waals surface area (Å²) in [5.74, 6) is 1.12. The van der Waals surface area contributed by atoms with Crippen LogP contribution in [0.5, 0.6) is 0 Å². The molecule has 2 aromatic heterocycles. The minimum atomic E-state index is -0.0968. The predicted molar refractivity (Wildman–Crippen MR) is 78.0 cm³/mol. The molecule has 0 amide bonds. The van der Waals surface area contributed by atoms with E-state index in [1.807, 2.05) is 18.2 Å². The molecule has 0 saturated carbocycles. The summed E-state index contributed by atoms with van der Waals surface area (Å²) in [5.41, 5.74) is 0.594. The Morgan fingerprint density at radius 1 is 1.29 bits per heavy atom. The maximum atomic E-state index is 12.3. The van der Waals surface area contributed by atoms with Gasteiger partial charge in [0.2, 0.25) is 5.89 Å². The molecule has 0 aliphatic heterocycles. The van der Waals surface area contributed by atoms with Gasteiger partial charge in [-0.1, -0.05) is 30.6 Å². The number of aryl methyl sites for hydroxylation is 1. The van der Waals surface area contributed by atoms with Crippen LogP contribution >= 0.6 is 0 Å². The zero-order chi connectivity index (χ0) is 14.7. The standard InChI is InChI=1S/C15H16N4O2/c1-2-3-8-14-17-13(18-21-14)9-19-10-16-12-7-5-4-6-11(12)15(19)20/h4-7,10H,2-3,8-9H2,1H3. The number of benzene rings is 1. The zero-order valence-corrected chi connectivity index (χ0v) is 11.8. The molecule has 21 heavy (non-hydrogen) atoms. The van der Waals surface area contributed by atoms with Gasteiger partial charge in [-0.3, -0.25) is 9.36 Å². The lowest BCUT2D eigenvalue weighted by Gasteiger charge is -2.03. The van der Waals surface area contributed by atoms with Crippen LogP contribution in [0.4, 0.5) is 0 Å². The Morgan fingerprint density at radius 2 is 2.14 bits per heavy atom. The lowest BCUT2D eigenvalue weighted by Crippen LogP contribution is -2.21. The molecule has 0 bridgehead atoms. The van der Waals surface area contributed by atoms with Gasteiger partial charge in [0.15, 0.2) is 5.82 Å². The minimum absolute atomic E-state index is 0.0968. The molecule has 0 spiro atoms. The summed E-state index contributed by atoms with van der Waals surface area (Å²) < 4.78 is 6.67. The molecule has 0 saturated heterocycles. The van der Waals surface area contributed by atoms with E-state index in [9.17, 15) is 4.79 Å². The summed E-state index contributed by atoms with van der Waals surface area (Å²) >= 11 is 0. The number of hydrogen-bond donors (Lipinski definition) is 0. The molecule has 108 valence electrons. The van der Waals surface area contributed by atoms with Gasteiger partial charge < -0.3 is 4.52 Å². The van der Waals surface area contributed by atoms with E-state index in [2.05, 4.69) is 22.0 Å². The van der Waals surface area contributed by atoms with E-state index in [1.165, 1.54) is 10.9 Å². The van der Waals surface area contributed by atoms with E-state index < -0.39 is 0 Å². The van der Waals surface area contributed by atoms with Gasteiger partial charge in [-0.15, -0.1) is 0 Å². The Bertz CT molecular complexity index is 807. The number of unbranched alkanes of at least 4 members (excludes halogenated alkanes) is 1. The fourth-order valence-corrected chi connectivity index (χ4v) is 2.16. The van der Waals surface area contributed by atoms with Crippen LogP contribution in [0.3, 0.4) is 0 Å². The summed E-state index contributed by atoms with van der Waals surface area (Å²) in [5, 5.41) is 4.50. The first-order valence-corrected chi connectivity index (χ1v) is 7.03. The molecule has 0 N–H and O–H groups in total. The molecule has 0 unspecified atom stereocenters. The highest BCUT2D eigenvalue weighted by Gasteiger charge is 2.09. The van der Waals surface area contributed by atoms with E-state index in [-0.39, 0.29) is 12.1 Å². The summed E-state index contributed by atoms with van der Waals surface area (Å²) in [7, 11) is 0. The van der Waals surface area contributed by atoms with Crippen molar-refractivity contribution in [1.29, 1.82) is 0 Å². The monoisotopic (exact) mass is 284 g/mol. The van der Waals surface area contributed by atoms with E-state index in [0.717, 1.165) is 19.3 Å². The SMILES string of the molecule is CCCCc1nc(Cn2cnc3ccccc3c2=O)no1. The van der Waals surface area contributed by atoms with Crippen LogP contribution in [-0.4, -0.2) is 19.7 Å². The van der Waals surface area contributed by atoms with Crippen molar-refractivity contribution < 1.29 is 4.52 Å². The van der Waals surface area contributed by atoms with Gasteiger partial charge >= 0.3 is 0 Å². The molecule has 6 nitrogen and oxygen atoms in total. The molecule has 6 heteroatoms. The zero-order valence-electron chi connectivity index (χ0n) is 11.8. The molecule has 3 aromatic rings. The molecule has 1 aromatic carbocycles. The molecule has 0 aliphatic rings. The number of fused-ring (bicyclic) bond motifs is 1. The van der Waals surface area contributed by atoms with Crippen molar-refractivity contribution in [1.82, 2.24) is 19.7 Å². The second kappa shape index (κ2) is 5.87. The van der Waals surface area contributed by atoms with Crippen molar-refractivity contribution in [2.45, 2.75) is 32.7 Å². The van der Waals surface area contributed by atoms with Crippen LogP contribution < -0.4 is 5.56 Å². The first kappa shape index (κ1) is 13.5. The lowest BCUT2D eigenvalue weighted by atomic mass is 10.2. The van der Waals surface area contributed by atoms with Crippen molar-refractivity contribution in [2.75, 3.05) is 0 Å². The van der Waals surface area contributed by atoms with Gasteiger partial charge in [0.25, 0.3) is 5.56 Å². The summed E-state index contributed by atoms with van der Waals surface area (Å²) in [6, 6.07) is 7.27. The maximum Gasteiger partial charge on any atom is 0.261 e. The van der Waals surface area contributed by atoms with E-state index in [1.54, 1.807) is 6.07 Å². The average molecular weight is 284 g/mol. The second-order valence-corrected chi connectivity index (χ2v) is 4.90. The van der Waals surface area contributed by atoms with Crippen LogP contribution in [-0.2, 0) is 13.0 Å². The molecule has 0 atom stereocenters. The normalized spacial score (nSPS) is 11.1. The second-order valence-electron chi connectivity index (χ2n) is 4.90. The van der Waals surface area contributed by atoms with E-state index in [0.29, 0.717) is 22.6 Å². The molecule has 0 aliphatic carbocycles. The molecule has 2 heterocycles. The Labute approximate surface area is 121 Å². The van der Waals surface area contributed by atoms with E-state index in [4.69, 9.17) is 4.52 Å². The fourth-order valence-electron chi connectivity index (χ4n) is 2.16. The summed E-state index contributed by atoms with van der Waals surface area (Å²) in [6.07, 6.45) is 4.38. The highest BCUT2D eigenvalue weighted by molar-refractivity contribution is 5.76. The van der Waals surface area contributed by atoms with Crippen molar-refractivity contribution in [3.05, 3.63) is 52.7 Å². The molecular formula is C15H16N4O2. The molecule has 0 radical (unpaired) electrons. The first-order chi connectivity index (χ1) is 10.3. The van der Waals surface area contributed by atoms with Gasteiger partial charge in [0.05, 0.1) is 23.8 Å². The minimum Gasteiger partial charge on any atom is -0.339 e. The third kappa shape index (κ3) is 2.84. The quantitative estimate of drug-likeness (QED) is 0.718. The van der Waals surface area contributed by atoms with Crippen LogP contribution in [0.15, 0.2) is 39.9 Å². The third-order valence-electron chi connectivity index (χ3n) is 3.30. The predicted octanol–water partition coefficient (Wildman–Crippen LogP) is 2.17. The highest BCUT2D eigenvalue weighted by atomic mass is 16.5. The summed E-state index contributed by atoms with van der Waals surface area (Å²) in [6.45, 7) is 2.38. The Kier molecular flexibility index (Phi) is 3.77. The van der Waals surface area contributed by atoms with Crippen LogP contribution in [0.1, 0.15) is 31.5 Å². The Morgan fingerprint density at radius 3 is 3.00 bits per heavy atom. The third-order valence-corrected chi connectivity index (χ3v) is 3.30. The maximum absolute atomic E-state index is 12.3. The fraction of sp³-hybridized carbons (Fsp3) is 0.333. The van der Waals surface area contributed by atoms with Gasteiger partial charge in [-0.2, -0.15) is 4.98 Å². The van der Waals surface area contributed by atoms with Crippen molar-refractivity contribution in [3.8, 4) is 0 Å². The number of para-hydroxylation sites is 1. The number of rotatable bonds is 5. The molecular weight excluding hydrogens is 268 g/mol. The first-order valence-electron chi connectivity index (χ1n) is 7.03. The van der Waals surface area contributed by atoms with E-state index >= 15 is 0 Å².